The molecule has 2 aromatic carbocycles. The maximum atomic E-state index is 12.4. The number of benzene rings is 2. The van der Waals surface area contributed by atoms with Gasteiger partial charge in [0.2, 0.25) is 0 Å². The zero-order valence-corrected chi connectivity index (χ0v) is 16.3. The highest BCUT2D eigenvalue weighted by atomic mass is 16.1. The summed E-state index contributed by atoms with van der Waals surface area (Å²) in [5, 5.41) is 2.87. The first kappa shape index (κ1) is 19.3. The molecular formula is C23H29N3O. The Kier molecular flexibility index (Phi) is 6.43. The molecule has 3 rings (SSSR count). The van der Waals surface area contributed by atoms with Crippen LogP contribution in [0.1, 0.15) is 39.0 Å². The largest absolute Gasteiger partial charge is 0.351 e. The van der Waals surface area contributed by atoms with Gasteiger partial charge in [0.1, 0.15) is 0 Å². The maximum absolute atomic E-state index is 12.4. The van der Waals surface area contributed by atoms with Gasteiger partial charge in [-0.1, -0.05) is 36.4 Å². The lowest BCUT2D eigenvalue weighted by Gasteiger charge is -2.15. The Hall–Kier alpha value is -2.43. The van der Waals surface area contributed by atoms with Gasteiger partial charge in [-0.05, 0) is 73.3 Å². The number of hydrogen-bond donors (Lipinski definition) is 2. The quantitative estimate of drug-likeness (QED) is 0.830. The number of carbonyl (C=O) groups is 1. The number of aryl methyl sites for hydroxylation is 2. The predicted molar refractivity (Wildman–Crippen MR) is 112 cm³/mol. The second kappa shape index (κ2) is 8.98. The second-order valence-corrected chi connectivity index (χ2v) is 7.28. The summed E-state index contributed by atoms with van der Waals surface area (Å²) < 4.78 is 0. The van der Waals surface area contributed by atoms with Gasteiger partial charge in [0.15, 0.2) is 0 Å². The number of nitrogens with zero attached hydrogens (tertiary/aromatic N) is 1. The first-order chi connectivity index (χ1) is 13.1. The third kappa shape index (κ3) is 4.65. The molecule has 0 radical (unpaired) electrons. The zero-order valence-electron chi connectivity index (χ0n) is 16.3. The van der Waals surface area contributed by atoms with Gasteiger partial charge in [-0.15, -0.1) is 0 Å². The number of fused-ring (bicyclic) bond motifs is 2. The number of nitrogens with one attached hydrogen (secondary N) is 1. The molecule has 0 aliphatic heterocycles. The van der Waals surface area contributed by atoms with E-state index < -0.39 is 0 Å². The van der Waals surface area contributed by atoms with Crippen LogP contribution in [-0.4, -0.2) is 44.5 Å². The number of carbonyl (C=O) groups excluding carboxylic acids is 1. The van der Waals surface area contributed by atoms with E-state index >= 15 is 0 Å². The molecule has 2 aromatic rings. The van der Waals surface area contributed by atoms with Crippen LogP contribution in [0.15, 0.2) is 48.5 Å². The maximum Gasteiger partial charge on any atom is 0.251 e. The van der Waals surface area contributed by atoms with Crippen molar-refractivity contribution in [2.75, 3.05) is 33.7 Å². The van der Waals surface area contributed by atoms with E-state index in [1.54, 1.807) is 0 Å². The van der Waals surface area contributed by atoms with Crippen molar-refractivity contribution in [3.05, 3.63) is 76.4 Å². The summed E-state index contributed by atoms with van der Waals surface area (Å²) in [6.45, 7) is 1.93. The normalized spacial score (nSPS) is 14.6. The molecule has 1 amide bonds. The van der Waals surface area contributed by atoms with E-state index in [0.717, 1.165) is 25.8 Å². The van der Waals surface area contributed by atoms with E-state index in [0.29, 0.717) is 18.7 Å². The molecule has 1 aliphatic rings. The molecule has 4 nitrogen and oxygen atoms in total. The lowest BCUT2D eigenvalue weighted by atomic mass is 9.91. The molecule has 4 heteroatoms. The van der Waals surface area contributed by atoms with Crippen molar-refractivity contribution in [2.24, 2.45) is 5.73 Å². The number of rotatable bonds is 6. The fourth-order valence-electron chi connectivity index (χ4n) is 3.58. The molecule has 27 heavy (non-hydrogen) atoms. The fourth-order valence-corrected chi connectivity index (χ4v) is 3.58. The van der Waals surface area contributed by atoms with Crippen LogP contribution in [0.25, 0.3) is 5.57 Å². The lowest BCUT2D eigenvalue weighted by molar-refractivity contribution is 0.0954. The van der Waals surface area contributed by atoms with Crippen molar-refractivity contribution >= 4 is 11.5 Å². The molecule has 0 unspecified atom stereocenters. The molecular weight excluding hydrogens is 334 g/mol. The molecule has 0 aromatic heterocycles. The van der Waals surface area contributed by atoms with Gasteiger partial charge in [0.25, 0.3) is 5.91 Å². The van der Waals surface area contributed by atoms with Crippen LogP contribution >= 0.6 is 0 Å². The van der Waals surface area contributed by atoms with Crippen LogP contribution in [0.2, 0.25) is 0 Å². The monoisotopic (exact) mass is 363 g/mol. The summed E-state index contributed by atoms with van der Waals surface area (Å²) in [7, 11) is 4.18. The number of hydrogen-bond acceptors (Lipinski definition) is 3. The van der Waals surface area contributed by atoms with E-state index in [2.05, 4.69) is 60.7 Å². The first-order valence-corrected chi connectivity index (χ1v) is 9.65. The van der Waals surface area contributed by atoms with Crippen molar-refractivity contribution in [2.45, 2.75) is 19.3 Å². The van der Waals surface area contributed by atoms with Crippen LogP contribution in [0.3, 0.4) is 0 Å². The fraction of sp³-hybridized carbons (Fsp3) is 0.348. The third-order valence-corrected chi connectivity index (χ3v) is 4.99. The molecule has 142 valence electrons. The van der Waals surface area contributed by atoms with E-state index in [-0.39, 0.29) is 5.91 Å². The topological polar surface area (TPSA) is 58.4 Å². The Morgan fingerprint density at radius 2 is 1.85 bits per heavy atom. The molecule has 0 saturated heterocycles. The van der Waals surface area contributed by atoms with Gasteiger partial charge in [-0.2, -0.15) is 0 Å². The van der Waals surface area contributed by atoms with Crippen LogP contribution in [0.4, 0.5) is 0 Å². The van der Waals surface area contributed by atoms with Gasteiger partial charge in [0, 0.05) is 25.2 Å². The first-order valence-electron chi connectivity index (χ1n) is 9.65. The SMILES string of the molecule is CN(C)CC/C=C1/c2ccccc2CCc2ccc(C(=O)NCCN)cc21. The standard InChI is InChI=1S/C23H29N3O/c1-26(2)15-5-8-21-20-7-4-3-6-17(20)9-10-18-11-12-19(16-22(18)21)23(27)25-14-13-24/h3-4,6-8,11-12,16H,5,9-10,13-15,24H2,1-2H3,(H,25,27)/b21-8-. The molecule has 3 N–H and O–H groups in total. The molecule has 0 atom stereocenters. The van der Waals surface area contributed by atoms with E-state index in [1.165, 1.54) is 27.8 Å². The smallest absolute Gasteiger partial charge is 0.251 e. The summed E-state index contributed by atoms with van der Waals surface area (Å²) in [6, 6.07) is 14.7. The Morgan fingerprint density at radius 1 is 1.11 bits per heavy atom. The summed E-state index contributed by atoms with van der Waals surface area (Å²) in [4.78, 5) is 14.6. The minimum atomic E-state index is -0.0616. The Balaban J connectivity index is 2.04. The third-order valence-electron chi connectivity index (χ3n) is 4.99. The van der Waals surface area contributed by atoms with Gasteiger partial charge < -0.3 is 16.0 Å². The molecule has 0 spiro atoms. The van der Waals surface area contributed by atoms with E-state index in [4.69, 9.17) is 5.73 Å². The molecule has 0 saturated carbocycles. The Bertz CT molecular complexity index is 839. The minimum Gasteiger partial charge on any atom is -0.351 e. The summed E-state index contributed by atoms with van der Waals surface area (Å²) in [5.74, 6) is -0.0616. The van der Waals surface area contributed by atoms with Crippen molar-refractivity contribution in [3.8, 4) is 0 Å². The minimum absolute atomic E-state index is 0.0616. The lowest BCUT2D eigenvalue weighted by Crippen LogP contribution is -2.29. The Labute approximate surface area is 162 Å². The Morgan fingerprint density at radius 3 is 2.59 bits per heavy atom. The number of amides is 1. The van der Waals surface area contributed by atoms with Crippen LogP contribution in [0, 0.1) is 0 Å². The highest BCUT2D eigenvalue weighted by molar-refractivity contribution is 5.96. The number of nitrogens with two attached hydrogens (primary N) is 1. The van der Waals surface area contributed by atoms with E-state index in [1.807, 2.05) is 12.1 Å². The van der Waals surface area contributed by atoms with Crippen molar-refractivity contribution in [3.63, 3.8) is 0 Å². The molecule has 1 aliphatic carbocycles. The molecule has 0 fully saturated rings. The van der Waals surface area contributed by atoms with E-state index in [9.17, 15) is 4.79 Å². The summed E-state index contributed by atoms with van der Waals surface area (Å²) in [6.07, 6.45) is 5.30. The van der Waals surface area contributed by atoms with Gasteiger partial charge in [-0.3, -0.25) is 4.79 Å². The van der Waals surface area contributed by atoms with Crippen molar-refractivity contribution in [1.82, 2.24) is 10.2 Å². The van der Waals surface area contributed by atoms with Crippen molar-refractivity contribution in [1.29, 1.82) is 0 Å². The van der Waals surface area contributed by atoms with Gasteiger partial charge in [0.05, 0.1) is 0 Å². The summed E-state index contributed by atoms with van der Waals surface area (Å²) in [5.41, 5.74) is 12.6. The van der Waals surface area contributed by atoms with Crippen LogP contribution < -0.4 is 11.1 Å². The average Bonchev–Trinajstić information content (AvgIpc) is 2.83. The van der Waals surface area contributed by atoms with Crippen molar-refractivity contribution < 1.29 is 4.79 Å². The van der Waals surface area contributed by atoms with Gasteiger partial charge >= 0.3 is 0 Å². The second-order valence-electron chi connectivity index (χ2n) is 7.28. The molecule has 0 heterocycles. The van der Waals surface area contributed by atoms with Gasteiger partial charge in [-0.25, -0.2) is 0 Å². The van der Waals surface area contributed by atoms with Crippen LogP contribution in [-0.2, 0) is 12.8 Å². The molecule has 0 bridgehead atoms. The predicted octanol–water partition coefficient (Wildman–Crippen LogP) is 2.86. The summed E-state index contributed by atoms with van der Waals surface area (Å²) >= 11 is 0. The highest BCUT2D eigenvalue weighted by Crippen LogP contribution is 2.34. The highest BCUT2D eigenvalue weighted by Gasteiger charge is 2.19. The zero-order chi connectivity index (χ0) is 19.2. The van der Waals surface area contributed by atoms with Crippen LogP contribution in [0.5, 0.6) is 0 Å². The average molecular weight is 364 g/mol.